The van der Waals surface area contributed by atoms with E-state index in [9.17, 15) is 4.79 Å². The minimum Gasteiger partial charge on any atom is -0.353 e. The number of nitrogens with one attached hydrogen (secondary N) is 1. The average Bonchev–Trinajstić information content (AvgIpc) is 2.71. The van der Waals surface area contributed by atoms with Crippen LogP contribution in [-0.4, -0.2) is 18.0 Å². The second-order valence-electron chi connectivity index (χ2n) is 5.04. The Hall–Kier alpha value is -0.570. The van der Waals surface area contributed by atoms with E-state index in [1.54, 1.807) is 0 Å². The quantitative estimate of drug-likeness (QED) is 0.726. The maximum Gasteiger partial charge on any atom is 0.224 e. The van der Waals surface area contributed by atoms with Crippen molar-refractivity contribution in [3.8, 4) is 0 Å². The van der Waals surface area contributed by atoms with Crippen molar-refractivity contribution in [3.05, 3.63) is 0 Å². The van der Waals surface area contributed by atoms with Gasteiger partial charge in [0.05, 0.1) is 5.92 Å². The fourth-order valence-corrected chi connectivity index (χ4v) is 2.86. The Morgan fingerprint density at radius 1 is 1.00 bits per heavy atom. The monoisotopic (exact) mass is 210 g/mol. The Bertz CT molecular complexity index is 224. The van der Waals surface area contributed by atoms with Gasteiger partial charge in [0, 0.05) is 12.1 Å². The average molecular weight is 210 g/mol. The molecule has 2 aliphatic carbocycles. The third kappa shape index (κ3) is 2.71. The molecule has 0 spiro atoms. The minimum absolute atomic E-state index is 0.0827. The molecule has 0 aliphatic heterocycles. The van der Waals surface area contributed by atoms with E-state index in [2.05, 4.69) is 5.32 Å². The van der Waals surface area contributed by atoms with Gasteiger partial charge in [0.25, 0.3) is 0 Å². The first-order chi connectivity index (χ1) is 7.27. The third-order valence-electron chi connectivity index (χ3n) is 3.86. The Morgan fingerprint density at radius 2 is 1.60 bits per heavy atom. The van der Waals surface area contributed by atoms with E-state index < -0.39 is 0 Å². The zero-order chi connectivity index (χ0) is 10.7. The molecule has 2 unspecified atom stereocenters. The maximum atomic E-state index is 12.0. The van der Waals surface area contributed by atoms with E-state index in [0.29, 0.717) is 6.04 Å². The van der Waals surface area contributed by atoms with E-state index in [4.69, 9.17) is 5.73 Å². The summed E-state index contributed by atoms with van der Waals surface area (Å²) in [5.74, 6) is 0.299. The lowest BCUT2D eigenvalue weighted by Gasteiger charge is -2.28. The van der Waals surface area contributed by atoms with E-state index in [1.165, 1.54) is 19.3 Å². The van der Waals surface area contributed by atoms with Crippen LogP contribution in [0.25, 0.3) is 0 Å². The van der Waals surface area contributed by atoms with Crippen LogP contribution in [0.4, 0.5) is 0 Å². The predicted octanol–water partition coefficient (Wildman–Crippen LogP) is 1.56. The molecule has 0 aromatic rings. The number of rotatable bonds is 2. The van der Waals surface area contributed by atoms with Crippen molar-refractivity contribution in [1.29, 1.82) is 0 Å². The maximum absolute atomic E-state index is 12.0. The Morgan fingerprint density at radius 3 is 2.27 bits per heavy atom. The summed E-state index contributed by atoms with van der Waals surface area (Å²) >= 11 is 0. The number of amides is 1. The normalized spacial score (nSPS) is 32.9. The Balaban J connectivity index is 1.83. The van der Waals surface area contributed by atoms with Crippen LogP contribution < -0.4 is 11.1 Å². The summed E-state index contributed by atoms with van der Waals surface area (Å²) in [6.45, 7) is 0. The predicted molar refractivity (Wildman–Crippen MR) is 60.3 cm³/mol. The van der Waals surface area contributed by atoms with E-state index >= 15 is 0 Å². The number of carbonyl (C=O) groups excluding carboxylic acids is 1. The molecule has 0 bridgehead atoms. The summed E-state index contributed by atoms with van der Waals surface area (Å²) in [6, 6.07) is 0.534. The molecule has 2 saturated carbocycles. The van der Waals surface area contributed by atoms with E-state index in [1.807, 2.05) is 0 Å². The van der Waals surface area contributed by atoms with Gasteiger partial charge in [0.15, 0.2) is 0 Å². The van der Waals surface area contributed by atoms with Crippen molar-refractivity contribution < 1.29 is 4.79 Å². The highest BCUT2D eigenvalue weighted by Crippen LogP contribution is 2.24. The van der Waals surface area contributed by atoms with Gasteiger partial charge in [-0.15, -0.1) is 0 Å². The molecule has 2 aliphatic rings. The highest BCUT2D eigenvalue weighted by molar-refractivity contribution is 5.79. The SMILES string of the molecule is NC1CCCCC1C(=O)NC1CCCC1. The van der Waals surface area contributed by atoms with Crippen molar-refractivity contribution in [3.63, 3.8) is 0 Å². The summed E-state index contributed by atoms with van der Waals surface area (Å²) in [5.41, 5.74) is 5.99. The molecule has 3 nitrogen and oxygen atoms in total. The molecule has 2 fully saturated rings. The molecule has 2 rings (SSSR count). The molecule has 0 heterocycles. The smallest absolute Gasteiger partial charge is 0.224 e. The van der Waals surface area contributed by atoms with Gasteiger partial charge in [-0.2, -0.15) is 0 Å². The minimum atomic E-state index is 0.0827. The number of hydrogen-bond donors (Lipinski definition) is 2. The van der Waals surface area contributed by atoms with Gasteiger partial charge in [0.1, 0.15) is 0 Å². The fourth-order valence-electron chi connectivity index (χ4n) is 2.86. The first-order valence-corrected chi connectivity index (χ1v) is 6.33. The van der Waals surface area contributed by atoms with Crippen molar-refractivity contribution >= 4 is 5.91 Å². The van der Waals surface area contributed by atoms with Crippen molar-refractivity contribution in [1.82, 2.24) is 5.32 Å². The highest BCUT2D eigenvalue weighted by Gasteiger charge is 2.29. The summed E-state index contributed by atoms with van der Waals surface area (Å²) in [6.07, 6.45) is 9.21. The molecule has 0 aromatic carbocycles. The van der Waals surface area contributed by atoms with Crippen LogP contribution in [0, 0.1) is 5.92 Å². The third-order valence-corrected chi connectivity index (χ3v) is 3.86. The number of carbonyl (C=O) groups is 1. The van der Waals surface area contributed by atoms with Crippen LogP contribution in [0.1, 0.15) is 51.4 Å². The molecular weight excluding hydrogens is 188 g/mol. The zero-order valence-electron chi connectivity index (χ0n) is 9.37. The molecule has 0 saturated heterocycles. The summed E-state index contributed by atoms with van der Waals surface area (Å²) in [4.78, 5) is 12.0. The van der Waals surface area contributed by atoms with Gasteiger partial charge >= 0.3 is 0 Å². The fraction of sp³-hybridized carbons (Fsp3) is 0.917. The lowest BCUT2D eigenvalue weighted by molar-refractivity contribution is -0.127. The lowest BCUT2D eigenvalue weighted by Crippen LogP contribution is -2.46. The molecular formula is C12H22N2O. The van der Waals surface area contributed by atoms with Gasteiger partial charge in [-0.1, -0.05) is 25.7 Å². The Labute approximate surface area is 91.8 Å². The first-order valence-electron chi connectivity index (χ1n) is 6.33. The van der Waals surface area contributed by atoms with Crippen LogP contribution in [0.2, 0.25) is 0 Å². The van der Waals surface area contributed by atoms with Crippen LogP contribution in [-0.2, 0) is 4.79 Å². The van der Waals surface area contributed by atoms with E-state index in [0.717, 1.165) is 32.1 Å². The molecule has 86 valence electrons. The second-order valence-corrected chi connectivity index (χ2v) is 5.04. The summed E-state index contributed by atoms with van der Waals surface area (Å²) in [7, 11) is 0. The van der Waals surface area contributed by atoms with Crippen LogP contribution in [0.3, 0.4) is 0 Å². The largest absolute Gasteiger partial charge is 0.353 e. The van der Waals surface area contributed by atoms with Crippen LogP contribution >= 0.6 is 0 Å². The van der Waals surface area contributed by atoms with Crippen LogP contribution in [0.5, 0.6) is 0 Å². The van der Waals surface area contributed by atoms with Crippen molar-refractivity contribution in [2.45, 2.75) is 63.5 Å². The van der Waals surface area contributed by atoms with Gasteiger partial charge in [-0.25, -0.2) is 0 Å². The van der Waals surface area contributed by atoms with Gasteiger partial charge in [0.2, 0.25) is 5.91 Å². The van der Waals surface area contributed by atoms with Crippen molar-refractivity contribution in [2.24, 2.45) is 11.7 Å². The highest BCUT2D eigenvalue weighted by atomic mass is 16.2. The molecule has 2 atom stereocenters. The topological polar surface area (TPSA) is 55.1 Å². The number of hydrogen-bond acceptors (Lipinski definition) is 2. The second kappa shape index (κ2) is 4.97. The molecule has 15 heavy (non-hydrogen) atoms. The first kappa shape index (κ1) is 10.9. The van der Waals surface area contributed by atoms with Crippen molar-refractivity contribution in [2.75, 3.05) is 0 Å². The summed E-state index contributed by atoms with van der Waals surface area (Å²) in [5, 5.41) is 3.16. The molecule has 0 radical (unpaired) electrons. The molecule has 3 N–H and O–H groups in total. The standard InChI is InChI=1S/C12H22N2O/c13-11-8-4-3-7-10(11)12(15)14-9-5-1-2-6-9/h9-11H,1-8,13H2,(H,14,15). The Kier molecular flexibility index (Phi) is 3.62. The summed E-state index contributed by atoms with van der Waals surface area (Å²) < 4.78 is 0. The molecule has 0 aromatic heterocycles. The van der Waals surface area contributed by atoms with Gasteiger partial charge in [-0.3, -0.25) is 4.79 Å². The molecule has 1 amide bonds. The lowest BCUT2D eigenvalue weighted by atomic mass is 9.84. The number of nitrogens with two attached hydrogens (primary N) is 1. The van der Waals surface area contributed by atoms with Gasteiger partial charge in [-0.05, 0) is 25.7 Å². The van der Waals surface area contributed by atoms with Gasteiger partial charge < -0.3 is 11.1 Å². The van der Waals surface area contributed by atoms with Crippen LogP contribution in [0.15, 0.2) is 0 Å². The molecule has 3 heteroatoms. The van der Waals surface area contributed by atoms with E-state index in [-0.39, 0.29) is 17.9 Å². The zero-order valence-corrected chi connectivity index (χ0v) is 9.37.